The molecule has 0 fully saturated rings. The molecule has 1 aliphatic rings. The van der Waals surface area contributed by atoms with Crippen molar-refractivity contribution >= 4 is 50.9 Å². The molecule has 1 N–H and O–H groups in total. The number of carbonyl (C=O) groups excluding carboxylic acids is 2. The van der Waals surface area contributed by atoms with Crippen LogP contribution in [0.25, 0.3) is 16.3 Å². The van der Waals surface area contributed by atoms with Crippen molar-refractivity contribution in [2.24, 2.45) is 0 Å². The zero-order chi connectivity index (χ0) is 20.7. The molecule has 2 heterocycles. The molecule has 30 heavy (non-hydrogen) atoms. The van der Waals surface area contributed by atoms with Gasteiger partial charge in [-0.25, -0.2) is 4.90 Å². The van der Waals surface area contributed by atoms with E-state index in [1.165, 1.54) is 16.2 Å². The lowest BCUT2D eigenvalue weighted by molar-refractivity contribution is -0.120. The van der Waals surface area contributed by atoms with Crippen LogP contribution < -0.4 is 10.2 Å². The molecule has 0 atom stereocenters. The number of benzene rings is 3. The van der Waals surface area contributed by atoms with Gasteiger partial charge in [0.2, 0.25) is 0 Å². The van der Waals surface area contributed by atoms with Gasteiger partial charge < -0.3 is 5.32 Å². The first-order chi connectivity index (χ1) is 14.6. The molecule has 2 amide bonds. The SMILES string of the molecule is Cc1ccccc1N1C(=O)C(Nc2cccc3ccccc23)=C(c2cccs2)C1=O. The minimum absolute atomic E-state index is 0.306. The van der Waals surface area contributed by atoms with Gasteiger partial charge in [-0.2, -0.15) is 0 Å². The first-order valence-corrected chi connectivity index (χ1v) is 10.5. The Hall–Kier alpha value is -3.70. The van der Waals surface area contributed by atoms with E-state index in [0.29, 0.717) is 17.0 Å². The second-order valence-electron chi connectivity index (χ2n) is 7.11. The number of hydrogen-bond donors (Lipinski definition) is 1. The molecular formula is C25H18N2O2S. The van der Waals surface area contributed by atoms with Crippen LogP contribution in [0.2, 0.25) is 0 Å². The van der Waals surface area contributed by atoms with Crippen LogP contribution in [0.1, 0.15) is 10.4 Å². The predicted octanol–water partition coefficient (Wildman–Crippen LogP) is 5.61. The van der Waals surface area contributed by atoms with Crippen LogP contribution in [-0.2, 0) is 9.59 Å². The molecule has 5 heteroatoms. The summed E-state index contributed by atoms with van der Waals surface area (Å²) in [5, 5.41) is 7.26. The molecule has 5 rings (SSSR count). The average Bonchev–Trinajstić information content (AvgIpc) is 3.36. The third-order valence-electron chi connectivity index (χ3n) is 5.26. The van der Waals surface area contributed by atoms with Crippen LogP contribution in [0, 0.1) is 6.92 Å². The van der Waals surface area contributed by atoms with Crippen LogP contribution in [0.15, 0.2) is 89.9 Å². The van der Waals surface area contributed by atoms with E-state index in [0.717, 1.165) is 26.9 Å². The van der Waals surface area contributed by atoms with Gasteiger partial charge in [-0.05, 0) is 41.5 Å². The molecule has 1 aromatic heterocycles. The summed E-state index contributed by atoms with van der Waals surface area (Å²) in [6.07, 6.45) is 0. The number of nitrogens with one attached hydrogen (secondary N) is 1. The fraction of sp³-hybridized carbons (Fsp3) is 0.0400. The minimum Gasteiger partial charge on any atom is -0.350 e. The zero-order valence-electron chi connectivity index (χ0n) is 16.3. The maximum atomic E-state index is 13.5. The molecular weight excluding hydrogens is 392 g/mol. The van der Waals surface area contributed by atoms with Crippen LogP contribution in [0.4, 0.5) is 11.4 Å². The number of nitrogens with zero attached hydrogens (tertiary/aromatic N) is 1. The molecule has 0 spiro atoms. The fourth-order valence-electron chi connectivity index (χ4n) is 3.80. The normalized spacial score (nSPS) is 14.1. The highest BCUT2D eigenvalue weighted by atomic mass is 32.1. The molecule has 0 radical (unpaired) electrons. The highest BCUT2D eigenvalue weighted by Gasteiger charge is 2.41. The van der Waals surface area contributed by atoms with Gasteiger partial charge in [-0.3, -0.25) is 9.59 Å². The monoisotopic (exact) mass is 410 g/mol. The van der Waals surface area contributed by atoms with Crippen molar-refractivity contribution in [2.75, 3.05) is 10.2 Å². The quantitative estimate of drug-likeness (QED) is 0.445. The second-order valence-corrected chi connectivity index (χ2v) is 8.06. The fourth-order valence-corrected chi connectivity index (χ4v) is 4.57. The van der Waals surface area contributed by atoms with Crippen molar-refractivity contribution in [1.29, 1.82) is 0 Å². The van der Waals surface area contributed by atoms with Gasteiger partial charge in [0.05, 0.1) is 11.3 Å². The second kappa shape index (κ2) is 7.28. The number of rotatable bonds is 4. The standard InChI is InChI=1S/C25H18N2O2S/c1-16-8-2-5-13-20(16)27-24(28)22(21-14-7-15-30-21)23(25(27)29)26-19-12-6-10-17-9-3-4-11-18(17)19/h2-15,26H,1H3. The number of imide groups is 1. The topological polar surface area (TPSA) is 49.4 Å². The minimum atomic E-state index is -0.342. The van der Waals surface area contributed by atoms with Crippen molar-refractivity contribution in [1.82, 2.24) is 0 Å². The summed E-state index contributed by atoms with van der Waals surface area (Å²) in [5.74, 6) is -0.648. The van der Waals surface area contributed by atoms with E-state index in [-0.39, 0.29) is 11.8 Å². The molecule has 0 unspecified atom stereocenters. The van der Waals surface area contributed by atoms with Gasteiger partial charge in [0.15, 0.2) is 0 Å². The lowest BCUT2D eigenvalue weighted by atomic mass is 10.1. The molecule has 0 saturated carbocycles. The van der Waals surface area contributed by atoms with E-state index >= 15 is 0 Å². The first-order valence-electron chi connectivity index (χ1n) is 9.62. The Kier molecular flexibility index (Phi) is 4.45. The van der Waals surface area contributed by atoms with Gasteiger partial charge in [0.25, 0.3) is 11.8 Å². The van der Waals surface area contributed by atoms with Crippen LogP contribution in [0.5, 0.6) is 0 Å². The van der Waals surface area contributed by atoms with Crippen molar-refractivity contribution < 1.29 is 9.59 Å². The van der Waals surface area contributed by atoms with Gasteiger partial charge >= 0.3 is 0 Å². The number of hydrogen-bond acceptors (Lipinski definition) is 4. The Morgan fingerprint density at radius 3 is 2.37 bits per heavy atom. The number of para-hydroxylation sites is 1. The van der Waals surface area contributed by atoms with Gasteiger partial charge in [0, 0.05) is 16.0 Å². The number of aryl methyl sites for hydroxylation is 1. The Morgan fingerprint density at radius 2 is 1.57 bits per heavy atom. The van der Waals surface area contributed by atoms with Crippen LogP contribution in [0.3, 0.4) is 0 Å². The average molecular weight is 410 g/mol. The van der Waals surface area contributed by atoms with E-state index in [1.54, 1.807) is 6.07 Å². The number of anilines is 2. The Labute approximate surface area is 178 Å². The lowest BCUT2D eigenvalue weighted by Gasteiger charge is -2.17. The van der Waals surface area contributed by atoms with Crippen LogP contribution in [-0.4, -0.2) is 11.8 Å². The van der Waals surface area contributed by atoms with E-state index < -0.39 is 0 Å². The van der Waals surface area contributed by atoms with Gasteiger partial charge in [0.1, 0.15) is 5.70 Å². The lowest BCUT2D eigenvalue weighted by Crippen LogP contribution is -2.32. The summed E-state index contributed by atoms with van der Waals surface area (Å²) in [6, 6.07) is 25.1. The third kappa shape index (κ3) is 2.91. The largest absolute Gasteiger partial charge is 0.350 e. The number of carbonyl (C=O) groups is 2. The van der Waals surface area contributed by atoms with E-state index in [2.05, 4.69) is 5.32 Å². The van der Waals surface area contributed by atoms with Crippen molar-refractivity contribution in [3.63, 3.8) is 0 Å². The molecule has 0 aliphatic carbocycles. The Bertz CT molecular complexity index is 1320. The zero-order valence-corrected chi connectivity index (χ0v) is 17.1. The Balaban J connectivity index is 1.66. The number of amides is 2. The summed E-state index contributed by atoms with van der Waals surface area (Å²) >= 11 is 1.45. The highest BCUT2D eigenvalue weighted by Crippen LogP contribution is 2.37. The summed E-state index contributed by atoms with van der Waals surface area (Å²) in [7, 11) is 0. The summed E-state index contributed by atoms with van der Waals surface area (Å²) < 4.78 is 0. The number of fused-ring (bicyclic) bond motifs is 1. The molecule has 0 bridgehead atoms. The highest BCUT2D eigenvalue weighted by molar-refractivity contribution is 7.11. The Morgan fingerprint density at radius 1 is 0.800 bits per heavy atom. The summed E-state index contributed by atoms with van der Waals surface area (Å²) in [6.45, 7) is 1.90. The van der Waals surface area contributed by atoms with E-state index in [9.17, 15) is 9.59 Å². The molecule has 4 nitrogen and oxygen atoms in total. The van der Waals surface area contributed by atoms with Crippen molar-refractivity contribution in [3.05, 3.63) is 100 Å². The first kappa shape index (κ1) is 18.3. The molecule has 0 saturated heterocycles. The maximum Gasteiger partial charge on any atom is 0.282 e. The van der Waals surface area contributed by atoms with Crippen LogP contribution >= 0.6 is 11.3 Å². The molecule has 4 aromatic rings. The van der Waals surface area contributed by atoms with E-state index in [4.69, 9.17) is 0 Å². The third-order valence-corrected chi connectivity index (χ3v) is 6.14. The van der Waals surface area contributed by atoms with Crippen molar-refractivity contribution in [3.8, 4) is 0 Å². The number of thiophene rings is 1. The van der Waals surface area contributed by atoms with Gasteiger partial charge in [-0.15, -0.1) is 11.3 Å². The van der Waals surface area contributed by atoms with Gasteiger partial charge in [-0.1, -0.05) is 60.7 Å². The molecule has 146 valence electrons. The smallest absolute Gasteiger partial charge is 0.282 e. The van der Waals surface area contributed by atoms with Crippen molar-refractivity contribution in [2.45, 2.75) is 6.92 Å². The molecule has 1 aliphatic heterocycles. The molecule has 3 aromatic carbocycles. The maximum absolute atomic E-state index is 13.5. The summed E-state index contributed by atoms with van der Waals surface area (Å²) in [4.78, 5) is 29.0. The summed E-state index contributed by atoms with van der Waals surface area (Å²) in [5.41, 5.74) is 2.99. The predicted molar refractivity (Wildman–Crippen MR) is 122 cm³/mol. The van der Waals surface area contributed by atoms with E-state index in [1.807, 2.05) is 85.1 Å².